The summed E-state index contributed by atoms with van der Waals surface area (Å²) >= 11 is 0. The number of rotatable bonds is 4. The maximum absolute atomic E-state index is 12.8. The van der Waals surface area contributed by atoms with Crippen LogP contribution >= 0.6 is 0 Å². The Morgan fingerprint density at radius 1 is 1.17 bits per heavy atom. The molecule has 1 saturated heterocycles. The number of methoxy groups -OCH3 is 1. The lowest BCUT2D eigenvalue weighted by Crippen LogP contribution is -2.49. The minimum Gasteiger partial charge on any atom is -0.497 e. The van der Waals surface area contributed by atoms with Gasteiger partial charge in [-0.05, 0) is 36.8 Å². The number of fused-ring (bicyclic) bond motifs is 1. The Morgan fingerprint density at radius 2 is 1.97 bits per heavy atom. The van der Waals surface area contributed by atoms with Crippen molar-refractivity contribution in [3.63, 3.8) is 0 Å². The fraction of sp³-hybridized carbons (Fsp3) is 0.318. The summed E-state index contributed by atoms with van der Waals surface area (Å²) in [7, 11) is 1.56. The van der Waals surface area contributed by atoms with Gasteiger partial charge in [0.2, 0.25) is 5.91 Å². The summed E-state index contributed by atoms with van der Waals surface area (Å²) in [5.74, 6) is 1.48. The van der Waals surface area contributed by atoms with Gasteiger partial charge in [0.25, 0.3) is 0 Å². The number of carbonyl (C=O) groups excluding carboxylic acids is 1. The van der Waals surface area contributed by atoms with E-state index in [4.69, 9.17) is 9.15 Å². The summed E-state index contributed by atoms with van der Waals surface area (Å²) in [6, 6.07) is 11.2. The third-order valence-electron chi connectivity index (χ3n) is 5.43. The molecule has 4 rings (SSSR count). The number of anilines is 1. The van der Waals surface area contributed by atoms with Crippen molar-refractivity contribution >= 4 is 22.7 Å². The Bertz CT molecular complexity index is 1090. The molecular formula is C22H23N3O4. The van der Waals surface area contributed by atoms with E-state index in [1.807, 2.05) is 37.3 Å². The van der Waals surface area contributed by atoms with Crippen molar-refractivity contribution in [1.29, 1.82) is 0 Å². The molecule has 1 fully saturated rings. The molecule has 3 aromatic rings. The van der Waals surface area contributed by atoms with Gasteiger partial charge in [-0.3, -0.25) is 4.79 Å². The molecule has 150 valence electrons. The van der Waals surface area contributed by atoms with Gasteiger partial charge in [-0.15, -0.1) is 0 Å². The lowest BCUT2D eigenvalue weighted by Gasteiger charge is -2.35. The van der Waals surface area contributed by atoms with Crippen LogP contribution in [0.1, 0.15) is 11.1 Å². The van der Waals surface area contributed by atoms with E-state index in [9.17, 15) is 9.59 Å². The van der Waals surface area contributed by atoms with Crippen LogP contribution in [-0.2, 0) is 11.2 Å². The number of carbonyl (C=O) groups is 1. The molecule has 0 N–H and O–H groups in total. The van der Waals surface area contributed by atoms with Crippen molar-refractivity contribution in [2.45, 2.75) is 13.3 Å². The lowest BCUT2D eigenvalue weighted by molar-refractivity contribution is -0.130. The molecule has 0 saturated carbocycles. The molecule has 1 aliphatic heterocycles. The number of pyridine rings is 1. The highest BCUT2D eigenvalue weighted by Gasteiger charge is 2.24. The number of hydrogen-bond acceptors (Lipinski definition) is 6. The highest BCUT2D eigenvalue weighted by atomic mass is 16.5. The van der Waals surface area contributed by atoms with Gasteiger partial charge in [-0.25, -0.2) is 9.78 Å². The van der Waals surface area contributed by atoms with E-state index in [2.05, 4.69) is 9.88 Å². The molecule has 0 bridgehead atoms. The van der Waals surface area contributed by atoms with Crippen LogP contribution in [-0.4, -0.2) is 49.1 Å². The largest absolute Gasteiger partial charge is 0.497 e. The maximum atomic E-state index is 12.8. The summed E-state index contributed by atoms with van der Waals surface area (Å²) in [6.45, 7) is 4.49. The molecule has 7 heteroatoms. The second-order valence-corrected chi connectivity index (χ2v) is 7.09. The zero-order valence-electron chi connectivity index (χ0n) is 16.6. The fourth-order valence-electron chi connectivity index (χ4n) is 3.69. The van der Waals surface area contributed by atoms with Gasteiger partial charge in [0.15, 0.2) is 0 Å². The number of amides is 1. The van der Waals surface area contributed by atoms with Crippen LogP contribution in [0.25, 0.3) is 11.0 Å². The van der Waals surface area contributed by atoms with E-state index in [1.165, 1.54) is 0 Å². The SMILES string of the molecule is COc1ccc2c(C)c(CC(=O)N3CCN(c4ccccn4)CC3)c(=O)oc2c1. The van der Waals surface area contributed by atoms with Crippen LogP contribution in [0.2, 0.25) is 0 Å². The molecule has 0 spiro atoms. The quantitative estimate of drug-likeness (QED) is 0.634. The number of aromatic nitrogens is 1. The monoisotopic (exact) mass is 393 g/mol. The summed E-state index contributed by atoms with van der Waals surface area (Å²) in [4.78, 5) is 33.7. The van der Waals surface area contributed by atoms with Gasteiger partial charge in [0, 0.05) is 43.8 Å². The third kappa shape index (κ3) is 3.81. The number of aryl methyl sites for hydroxylation is 1. The number of nitrogens with zero attached hydrogens (tertiary/aromatic N) is 3. The van der Waals surface area contributed by atoms with E-state index >= 15 is 0 Å². The number of hydrogen-bond donors (Lipinski definition) is 0. The highest BCUT2D eigenvalue weighted by Crippen LogP contribution is 2.24. The second kappa shape index (κ2) is 7.95. The molecule has 3 heterocycles. The first-order chi connectivity index (χ1) is 14.1. The molecule has 1 aromatic carbocycles. The van der Waals surface area contributed by atoms with Gasteiger partial charge >= 0.3 is 5.63 Å². The van der Waals surface area contributed by atoms with Gasteiger partial charge in [-0.2, -0.15) is 0 Å². The fourth-order valence-corrected chi connectivity index (χ4v) is 3.69. The Labute approximate surface area is 168 Å². The average molecular weight is 393 g/mol. The Morgan fingerprint density at radius 3 is 2.66 bits per heavy atom. The van der Waals surface area contributed by atoms with Crippen LogP contribution < -0.4 is 15.3 Å². The zero-order chi connectivity index (χ0) is 20.4. The molecule has 7 nitrogen and oxygen atoms in total. The first-order valence-electron chi connectivity index (χ1n) is 9.61. The van der Waals surface area contributed by atoms with Gasteiger partial charge in [0.1, 0.15) is 17.2 Å². The van der Waals surface area contributed by atoms with Crippen LogP contribution in [0.5, 0.6) is 5.75 Å². The van der Waals surface area contributed by atoms with Crippen LogP contribution in [0, 0.1) is 6.92 Å². The van der Waals surface area contributed by atoms with Gasteiger partial charge < -0.3 is 19.0 Å². The average Bonchev–Trinajstić information content (AvgIpc) is 2.76. The standard InChI is InChI=1S/C22H23N3O4/c1-15-17-7-6-16(28-2)13-19(17)29-22(27)18(15)14-21(26)25-11-9-24(10-12-25)20-5-3-4-8-23-20/h3-8,13H,9-12,14H2,1-2H3. The summed E-state index contributed by atoms with van der Waals surface area (Å²) < 4.78 is 10.6. The number of benzene rings is 1. The second-order valence-electron chi connectivity index (χ2n) is 7.09. The molecule has 1 amide bonds. The predicted octanol–water partition coefficient (Wildman–Crippen LogP) is 2.40. The maximum Gasteiger partial charge on any atom is 0.340 e. The minimum atomic E-state index is -0.469. The molecule has 0 unspecified atom stereocenters. The van der Waals surface area contributed by atoms with E-state index in [0.717, 1.165) is 16.8 Å². The molecule has 1 aliphatic rings. The predicted molar refractivity (Wildman–Crippen MR) is 111 cm³/mol. The molecular weight excluding hydrogens is 370 g/mol. The van der Waals surface area contributed by atoms with E-state index in [-0.39, 0.29) is 12.3 Å². The van der Waals surface area contributed by atoms with Crippen molar-refractivity contribution < 1.29 is 13.9 Å². The van der Waals surface area contributed by atoms with Crippen LogP contribution in [0.15, 0.2) is 51.8 Å². The van der Waals surface area contributed by atoms with Crippen LogP contribution in [0.4, 0.5) is 5.82 Å². The molecule has 0 aliphatic carbocycles. The van der Waals surface area contributed by atoms with Crippen molar-refractivity contribution in [3.05, 3.63) is 64.1 Å². The smallest absolute Gasteiger partial charge is 0.340 e. The van der Waals surface area contributed by atoms with Crippen LogP contribution in [0.3, 0.4) is 0 Å². The van der Waals surface area contributed by atoms with Crippen molar-refractivity contribution in [3.8, 4) is 5.75 Å². The zero-order valence-corrected chi connectivity index (χ0v) is 16.6. The minimum absolute atomic E-state index is 0.0414. The molecule has 2 aromatic heterocycles. The van der Waals surface area contributed by atoms with E-state index in [1.54, 1.807) is 24.3 Å². The van der Waals surface area contributed by atoms with Crippen molar-refractivity contribution in [1.82, 2.24) is 9.88 Å². The summed E-state index contributed by atoms with van der Waals surface area (Å²) in [5.41, 5.74) is 1.19. The molecule has 29 heavy (non-hydrogen) atoms. The first kappa shape index (κ1) is 19.0. The van der Waals surface area contributed by atoms with Crippen molar-refractivity contribution in [2.75, 3.05) is 38.2 Å². The van der Waals surface area contributed by atoms with E-state index in [0.29, 0.717) is 43.1 Å². The van der Waals surface area contributed by atoms with E-state index < -0.39 is 5.63 Å². The van der Waals surface area contributed by atoms with Crippen molar-refractivity contribution in [2.24, 2.45) is 0 Å². The highest BCUT2D eigenvalue weighted by molar-refractivity contribution is 5.85. The van der Waals surface area contributed by atoms with Gasteiger partial charge in [-0.1, -0.05) is 6.07 Å². The lowest BCUT2D eigenvalue weighted by atomic mass is 10.0. The Kier molecular flexibility index (Phi) is 5.20. The Balaban J connectivity index is 1.49. The third-order valence-corrected chi connectivity index (χ3v) is 5.43. The molecule has 0 radical (unpaired) electrons. The Hall–Kier alpha value is -3.35. The molecule has 0 atom stereocenters. The summed E-state index contributed by atoms with van der Waals surface area (Å²) in [6.07, 6.45) is 1.81. The summed E-state index contributed by atoms with van der Waals surface area (Å²) in [5, 5.41) is 0.813. The number of piperazine rings is 1. The number of ether oxygens (including phenoxy) is 1. The van der Waals surface area contributed by atoms with Gasteiger partial charge in [0.05, 0.1) is 19.1 Å². The normalized spacial score (nSPS) is 14.3. The topological polar surface area (TPSA) is 75.9 Å². The first-order valence-corrected chi connectivity index (χ1v) is 9.61.